The predicted molar refractivity (Wildman–Crippen MR) is 78.2 cm³/mol. The fraction of sp³-hybridized carbons (Fsp3) is 0.438. The average molecular weight is 275 g/mol. The zero-order valence-electron chi connectivity index (χ0n) is 11.7. The molecule has 2 rings (SSSR count). The van der Waals surface area contributed by atoms with Gasteiger partial charge in [-0.15, -0.1) is 0 Å². The van der Waals surface area contributed by atoms with Crippen LogP contribution in [-0.2, 0) is 11.3 Å². The van der Waals surface area contributed by atoms with Crippen molar-refractivity contribution in [1.82, 2.24) is 4.90 Å². The first-order valence-corrected chi connectivity index (χ1v) is 6.95. The van der Waals surface area contributed by atoms with Gasteiger partial charge >= 0.3 is 5.97 Å². The maximum atomic E-state index is 10.6. The Bertz CT molecular complexity index is 498. The molecule has 1 aliphatic heterocycles. The molecule has 1 aliphatic rings. The van der Waals surface area contributed by atoms with Gasteiger partial charge in [0.1, 0.15) is 0 Å². The summed E-state index contributed by atoms with van der Waals surface area (Å²) in [6.45, 7) is 4.06. The molecule has 20 heavy (non-hydrogen) atoms. The molecule has 1 aromatic carbocycles. The standard InChI is InChI=1S/C16H21NO3/c1-12-8-9-17(15(12)11-18)10-14-5-3-2-4-13(14)6-7-16(19)20/h2-7,12,15,18H,8-11H2,1H3,(H,19,20)/b7-6+. The van der Waals surface area contributed by atoms with Crippen molar-refractivity contribution in [2.45, 2.75) is 25.9 Å². The summed E-state index contributed by atoms with van der Waals surface area (Å²) in [5.74, 6) is -0.440. The summed E-state index contributed by atoms with van der Waals surface area (Å²) in [5.41, 5.74) is 2.02. The normalized spacial score (nSPS) is 23.5. The van der Waals surface area contributed by atoms with Crippen LogP contribution >= 0.6 is 0 Å². The second-order valence-corrected chi connectivity index (χ2v) is 5.36. The van der Waals surface area contributed by atoms with Gasteiger partial charge in [0.2, 0.25) is 0 Å². The Morgan fingerprint density at radius 3 is 2.90 bits per heavy atom. The van der Waals surface area contributed by atoms with Crippen LogP contribution in [0.1, 0.15) is 24.5 Å². The number of likely N-dealkylation sites (tertiary alicyclic amines) is 1. The van der Waals surface area contributed by atoms with Crippen molar-refractivity contribution < 1.29 is 15.0 Å². The molecular weight excluding hydrogens is 254 g/mol. The SMILES string of the molecule is CC1CCN(Cc2ccccc2/C=C/C(=O)O)C1CO. The highest BCUT2D eigenvalue weighted by Crippen LogP contribution is 2.26. The molecule has 4 nitrogen and oxygen atoms in total. The number of hydrogen-bond acceptors (Lipinski definition) is 3. The minimum atomic E-state index is -0.942. The molecule has 0 radical (unpaired) electrons. The number of aliphatic hydroxyl groups is 1. The van der Waals surface area contributed by atoms with Crippen LogP contribution in [0.25, 0.3) is 6.08 Å². The Hall–Kier alpha value is -1.65. The van der Waals surface area contributed by atoms with Gasteiger partial charge in [0.25, 0.3) is 0 Å². The molecule has 0 bridgehead atoms. The molecule has 0 aromatic heterocycles. The monoisotopic (exact) mass is 275 g/mol. The average Bonchev–Trinajstić information content (AvgIpc) is 2.78. The largest absolute Gasteiger partial charge is 0.478 e. The molecule has 1 fully saturated rings. The third-order valence-electron chi connectivity index (χ3n) is 4.02. The van der Waals surface area contributed by atoms with Crippen molar-refractivity contribution in [3.63, 3.8) is 0 Å². The van der Waals surface area contributed by atoms with E-state index in [1.165, 1.54) is 0 Å². The number of hydrogen-bond donors (Lipinski definition) is 2. The summed E-state index contributed by atoms with van der Waals surface area (Å²) < 4.78 is 0. The van der Waals surface area contributed by atoms with Gasteiger partial charge in [-0.25, -0.2) is 4.79 Å². The third kappa shape index (κ3) is 3.46. The van der Waals surface area contributed by atoms with E-state index in [4.69, 9.17) is 5.11 Å². The highest BCUT2D eigenvalue weighted by Gasteiger charge is 2.30. The molecule has 2 N–H and O–H groups in total. The van der Waals surface area contributed by atoms with Crippen LogP contribution in [0.15, 0.2) is 30.3 Å². The molecule has 0 aliphatic carbocycles. The van der Waals surface area contributed by atoms with Crippen LogP contribution in [-0.4, -0.2) is 40.3 Å². The van der Waals surface area contributed by atoms with Crippen LogP contribution in [0.2, 0.25) is 0 Å². The highest BCUT2D eigenvalue weighted by molar-refractivity contribution is 5.85. The number of carboxylic acid groups (broad SMARTS) is 1. The number of carbonyl (C=O) groups is 1. The zero-order valence-corrected chi connectivity index (χ0v) is 11.7. The van der Waals surface area contributed by atoms with Gasteiger partial charge in [0.15, 0.2) is 0 Å². The summed E-state index contributed by atoms with van der Waals surface area (Å²) in [5, 5.41) is 18.2. The molecule has 1 aromatic rings. The fourth-order valence-electron chi connectivity index (χ4n) is 2.80. The van der Waals surface area contributed by atoms with Crippen molar-refractivity contribution >= 4 is 12.0 Å². The van der Waals surface area contributed by atoms with Crippen molar-refractivity contribution in [2.24, 2.45) is 5.92 Å². The van der Waals surface area contributed by atoms with E-state index in [0.717, 1.165) is 36.7 Å². The van der Waals surface area contributed by atoms with Gasteiger partial charge in [-0.1, -0.05) is 31.2 Å². The van der Waals surface area contributed by atoms with Gasteiger partial charge in [0.05, 0.1) is 6.61 Å². The topological polar surface area (TPSA) is 60.8 Å². The molecular formula is C16H21NO3. The Labute approximate surface area is 119 Å². The Balaban J connectivity index is 2.15. The summed E-state index contributed by atoms with van der Waals surface area (Å²) in [6, 6.07) is 8.00. The third-order valence-corrected chi connectivity index (χ3v) is 4.02. The lowest BCUT2D eigenvalue weighted by Gasteiger charge is -2.25. The van der Waals surface area contributed by atoms with Crippen LogP contribution in [0.4, 0.5) is 0 Å². The van der Waals surface area contributed by atoms with E-state index in [1.807, 2.05) is 24.3 Å². The first-order valence-electron chi connectivity index (χ1n) is 6.95. The molecule has 4 heteroatoms. The van der Waals surface area contributed by atoms with E-state index < -0.39 is 5.97 Å². The minimum Gasteiger partial charge on any atom is -0.478 e. The maximum Gasteiger partial charge on any atom is 0.328 e. The highest BCUT2D eigenvalue weighted by atomic mass is 16.4. The second-order valence-electron chi connectivity index (χ2n) is 5.36. The quantitative estimate of drug-likeness (QED) is 0.807. The van der Waals surface area contributed by atoms with Gasteiger partial charge in [-0.05, 0) is 36.1 Å². The van der Waals surface area contributed by atoms with Gasteiger partial charge in [0, 0.05) is 18.7 Å². The van der Waals surface area contributed by atoms with Crippen LogP contribution < -0.4 is 0 Å². The summed E-state index contributed by atoms with van der Waals surface area (Å²) in [6.07, 6.45) is 3.89. The Morgan fingerprint density at radius 1 is 1.45 bits per heavy atom. The van der Waals surface area contributed by atoms with Crippen molar-refractivity contribution in [3.8, 4) is 0 Å². The number of rotatable bonds is 5. The first-order chi connectivity index (χ1) is 9.61. The molecule has 0 saturated carbocycles. The van der Waals surface area contributed by atoms with E-state index in [2.05, 4.69) is 11.8 Å². The van der Waals surface area contributed by atoms with Crippen LogP contribution in [0, 0.1) is 5.92 Å². The van der Waals surface area contributed by atoms with E-state index in [1.54, 1.807) is 6.08 Å². The van der Waals surface area contributed by atoms with Crippen molar-refractivity contribution in [2.75, 3.05) is 13.2 Å². The fourth-order valence-corrected chi connectivity index (χ4v) is 2.80. The lowest BCUT2D eigenvalue weighted by atomic mass is 10.0. The smallest absolute Gasteiger partial charge is 0.328 e. The minimum absolute atomic E-state index is 0.175. The Kier molecular flexibility index (Phi) is 4.93. The summed E-state index contributed by atoms with van der Waals surface area (Å²) >= 11 is 0. The molecule has 1 heterocycles. The van der Waals surface area contributed by atoms with Gasteiger partial charge in [-0.3, -0.25) is 4.90 Å². The molecule has 108 valence electrons. The molecule has 1 saturated heterocycles. The van der Waals surface area contributed by atoms with Crippen LogP contribution in [0.3, 0.4) is 0 Å². The van der Waals surface area contributed by atoms with Gasteiger partial charge < -0.3 is 10.2 Å². The first kappa shape index (κ1) is 14.8. The number of benzene rings is 1. The lowest BCUT2D eigenvalue weighted by Crippen LogP contribution is -2.34. The van der Waals surface area contributed by atoms with Crippen LogP contribution in [0.5, 0.6) is 0 Å². The second kappa shape index (κ2) is 6.68. The van der Waals surface area contributed by atoms with Gasteiger partial charge in [-0.2, -0.15) is 0 Å². The maximum absolute atomic E-state index is 10.6. The zero-order chi connectivity index (χ0) is 14.5. The van der Waals surface area contributed by atoms with E-state index >= 15 is 0 Å². The number of nitrogens with zero attached hydrogens (tertiary/aromatic N) is 1. The predicted octanol–water partition coefficient (Wildman–Crippen LogP) is 1.99. The molecule has 0 spiro atoms. The molecule has 0 amide bonds. The summed E-state index contributed by atoms with van der Waals surface area (Å²) in [7, 11) is 0. The van der Waals surface area contributed by atoms with Crippen molar-refractivity contribution in [1.29, 1.82) is 0 Å². The number of aliphatic hydroxyl groups excluding tert-OH is 1. The Morgan fingerprint density at radius 2 is 2.20 bits per heavy atom. The van der Waals surface area contributed by atoms with E-state index in [0.29, 0.717) is 5.92 Å². The summed E-state index contributed by atoms with van der Waals surface area (Å²) in [4.78, 5) is 12.9. The van der Waals surface area contributed by atoms with Crippen molar-refractivity contribution in [3.05, 3.63) is 41.5 Å². The molecule has 2 unspecified atom stereocenters. The van der Waals surface area contributed by atoms with E-state index in [9.17, 15) is 9.90 Å². The number of aliphatic carboxylic acids is 1. The number of carboxylic acids is 1. The lowest BCUT2D eigenvalue weighted by molar-refractivity contribution is -0.131. The van der Waals surface area contributed by atoms with E-state index in [-0.39, 0.29) is 12.6 Å². The molecule has 2 atom stereocenters.